The maximum Gasteiger partial charge on any atom is 0.251 e. The largest absolute Gasteiger partial charge is 0.352 e. The number of nitrogens with zero attached hydrogens (tertiary/aromatic N) is 1. The fourth-order valence-corrected chi connectivity index (χ4v) is 6.10. The van der Waals surface area contributed by atoms with Crippen molar-refractivity contribution in [2.45, 2.75) is 31.2 Å². The summed E-state index contributed by atoms with van der Waals surface area (Å²) in [5.41, 5.74) is 1.41. The number of rotatable bonds is 8. The van der Waals surface area contributed by atoms with Gasteiger partial charge in [0.2, 0.25) is 15.9 Å². The molecule has 34 heavy (non-hydrogen) atoms. The maximum atomic E-state index is 13.2. The zero-order valence-electron chi connectivity index (χ0n) is 19.3. The number of carbonyl (C=O) groups is 2. The number of hydrogen-bond donors (Lipinski definition) is 2. The number of carbonyl (C=O) groups excluding carboxylic acids is 2. The van der Waals surface area contributed by atoms with Gasteiger partial charge in [-0.2, -0.15) is 4.31 Å². The van der Waals surface area contributed by atoms with Crippen molar-refractivity contribution in [3.63, 3.8) is 0 Å². The zero-order chi connectivity index (χ0) is 24.9. The van der Waals surface area contributed by atoms with Crippen molar-refractivity contribution in [2.24, 2.45) is 11.8 Å². The fourth-order valence-electron chi connectivity index (χ4n) is 4.25. The third-order valence-electron chi connectivity index (χ3n) is 6.05. The molecule has 2 aromatic carbocycles. The van der Waals surface area contributed by atoms with E-state index < -0.39 is 10.0 Å². The van der Waals surface area contributed by atoms with Gasteiger partial charge in [0.05, 0.1) is 4.90 Å². The maximum absolute atomic E-state index is 13.2. The van der Waals surface area contributed by atoms with E-state index in [9.17, 15) is 18.0 Å². The van der Waals surface area contributed by atoms with Crippen LogP contribution in [0, 0.1) is 11.8 Å². The van der Waals surface area contributed by atoms with Gasteiger partial charge in [-0.25, -0.2) is 8.42 Å². The van der Waals surface area contributed by atoms with Gasteiger partial charge in [0.15, 0.2) is 0 Å². The van der Waals surface area contributed by atoms with Gasteiger partial charge in [0.1, 0.15) is 0 Å². The van der Waals surface area contributed by atoms with Crippen LogP contribution in [0.25, 0.3) is 0 Å². The summed E-state index contributed by atoms with van der Waals surface area (Å²) < 4.78 is 27.9. The zero-order valence-corrected chi connectivity index (χ0v) is 20.9. The van der Waals surface area contributed by atoms with Crippen LogP contribution < -0.4 is 10.6 Å². The molecule has 1 heterocycles. The summed E-state index contributed by atoms with van der Waals surface area (Å²) >= 11 is 5.98. The highest BCUT2D eigenvalue weighted by Gasteiger charge is 2.38. The second-order valence-electron chi connectivity index (χ2n) is 8.68. The Morgan fingerprint density at radius 1 is 1.12 bits per heavy atom. The van der Waals surface area contributed by atoms with Crippen LogP contribution in [-0.2, 0) is 21.2 Å². The molecule has 0 aromatic heterocycles. The summed E-state index contributed by atoms with van der Waals surface area (Å²) in [6.45, 7) is 8.33. The molecule has 2 amide bonds. The van der Waals surface area contributed by atoms with Crippen molar-refractivity contribution in [3.8, 4) is 0 Å². The number of nitrogens with one attached hydrogen (secondary N) is 2. The molecule has 9 heteroatoms. The average molecular weight is 504 g/mol. The van der Waals surface area contributed by atoms with Crippen LogP contribution in [0.2, 0.25) is 5.02 Å². The van der Waals surface area contributed by atoms with Crippen LogP contribution in [0.3, 0.4) is 0 Å². The van der Waals surface area contributed by atoms with Crippen molar-refractivity contribution in [2.75, 3.05) is 19.6 Å². The van der Waals surface area contributed by atoms with E-state index in [1.54, 1.807) is 6.07 Å². The molecule has 1 saturated heterocycles. The minimum absolute atomic E-state index is 0.0630. The van der Waals surface area contributed by atoms with E-state index in [1.165, 1.54) is 34.6 Å². The minimum Gasteiger partial charge on any atom is -0.352 e. The van der Waals surface area contributed by atoms with Crippen LogP contribution in [0.5, 0.6) is 0 Å². The Hall–Kier alpha value is -2.68. The first-order chi connectivity index (χ1) is 16.1. The van der Waals surface area contributed by atoms with E-state index in [1.807, 2.05) is 32.0 Å². The molecule has 0 saturated carbocycles. The summed E-state index contributed by atoms with van der Waals surface area (Å²) in [7, 11) is -3.73. The van der Waals surface area contributed by atoms with Gasteiger partial charge in [-0.1, -0.05) is 44.2 Å². The third kappa shape index (κ3) is 6.25. The molecule has 1 fully saturated rings. The van der Waals surface area contributed by atoms with E-state index in [-0.39, 0.29) is 34.6 Å². The lowest BCUT2D eigenvalue weighted by Crippen LogP contribution is -2.55. The van der Waals surface area contributed by atoms with Crippen molar-refractivity contribution in [3.05, 3.63) is 77.3 Å². The number of benzene rings is 2. The highest BCUT2D eigenvalue weighted by molar-refractivity contribution is 7.89. The van der Waals surface area contributed by atoms with Crippen LogP contribution in [0.1, 0.15) is 29.8 Å². The second kappa shape index (κ2) is 11.2. The van der Waals surface area contributed by atoms with Crippen molar-refractivity contribution < 1.29 is 18.0 Å². The van der Waals surface area contributed by atoms with E-state index in [2.05, 4.69) is 17.2 Å². The topological polar surface area (TPSA) is 95.6 Å². The molecule has 0 radical (unpaired) electrons. The lowest BCUT2D eigenvalue weighted by molar-refractivity contribution is -0.118. The molecule has 3 rings (SSSR count). The predicted octanol–water partition coefficient (Wildman–Crippen LogP) is 3.26. The van der Waals surface area contributed by atoms with Gasteiger partial charge in [-0.05, 0) is 66.3 Å². The highest BCUT2D eigenvalue weighted by Crippen LogP contribution is 2.27. The average Bonchev–Trinajstić information content (AvgIpc) is 2.81. The van der Waals surface area contributed by atoms with E-state index >= 15 is 0 Å². The van der Waals surface area contributed by atoms with Gasteiger partial charge in [0, 0.05) is 36.3 Å². The lowest BCUT2D eigenvalue weighted by atomic mass is 9.87. The normalized spacial score (nSPS) is 21.0. The summed E-state index contributed by atoms with van der Waals surface area (Å²) in [4.78, 5) is 24.3. The van der Waals surface area contributed by atoms with Crippen LogP contribution in [0.15, 0.2) is 66.1 Å². The molecule has 2 N–H and O–H groups in total. The van der Waals surface area contributed by atoms with Crippen molar-refractivity contribution >= 4 is 33.4 Å². The molecule has 2 aromatic rings. The quantitative estimate of drug-likeness (QED) is 0.540. The molecule has 2 unspecified atom stereocenters. The molecule has 182 valence electrons. The number of sulfonamides is 1. The van der Waals surface area contributed by atoms with Crippen LogP contribution in [0.4, 0.5) is 0 Å². The Morgan fingerprint density at radius 3 is 2.35 bits per heavy atom. The van der Waals surface area contributed by atoms with Gasteiger partial charge in [-0.3, -0.25) is 9.59 Å². The lowest BCUT2D eigenvalue weighted by Gasteiger charge is -2.40. The third-order valence-corrected chi connectivity index (χ3v) is 8.13. The molecule has 7 nitrogen and oxygen atoms in total. The highest BCUT2D eigenvalue weighted by atomic mass is 35.5. The minimum atomic E-state index is -3.73. The molecule has 1 aliphatic rings. The van der Waals surface area contributed by atoms with Crippen molar-refractivity contribution in [1.29, 1.82) is 0 Å². The van der Waals surface area contributed by atoms with Gasteiger partial charge in [-0.15, -0.1) is 0 Å². The Labute approximate surface area is 206 Å². The standard InChI is InChI=1S/C25H30ClN3O4S/c1-4-23(30)28-24-17(2)15-29(16-18(24)3)34(32,33)22-10-8-20(9-11-22)25(31)27-13-12-19-6-5-7-21(26)14-19/h4-11,14,17-18,24H,1,12-13,15-16H2,2-3H3,(H,27,31)(H,28,30). The number of hydrogen-bond acceptors (Lipinski definition) is 4. The summed E-state index contributed by atoms with van der Waals surface area (Å²) in [6, 6.07) is 13.3. The first kappa shape index (κ1) is 25.9. The Bertz CT molecular complexity index is 1140. The molecular weight excluding hydrogens is 474 g/mol. The molecule has 1 aliphatic heterocycles. The van der Waals surface area contributed by atoms with E-state index in [0.717, 1.165) is 5.56 Å². The van der Waals surface area contributed by atoms with Gasteiger partial charge in [0.25, 0.3) is 5.91 Å². The smallest absolute Gasteiger partial charge is 0.251 e. The molecule has 0 aliphatic carbocycles. The number of halogens is 1. The first-order valence-corrected chi connectivity index (χ1v) is 13.0. The van der Waals surface area contributed by atoms with Crippen LogP contribution in [-0.4, -0.2) is 50.2 Å². The SMILES string of the molecule is C=CC(=O)NC1C(C)CN(S(=O)(=O)c2ccc(C(=O)NCCc3cccc(Cl)c3)cc2)CC1C. The van der Waals surface area contributed by atoms with E-state index in [4.69, 9.17) is 11.6 Å². The molecule has 0 bridgehead atoms. The molecular formula is C25H30ClN3O4S. The summed E-state index contributed by atoms with van der Waals surface area (Å²) in [5, 5.41) is 6.39. The van der Waals surface area contributed by atoms with Crippen molar-refractivity contribution in [1.82, 2.24) is 14.9 Å². The number of amides is 2. The Balaban J connectivity index is 1.61. The Morgan fingerprint density at radius 2 is 1.76 bits per heavy atom. The van der Waals surface area contributed by atoms with Crippen LogP contribution >= 0.6 is 11.6 Å². The summed E-state index contributed by atoms with van der Waals surface area (Å²) in [6.07, 6.45) is 1.86. The Kier molecular flexibility index (Phi) is 8.52. The van der Waals surface area contributed by atoms with Gasteiger partial charge < -0.3 is 10.6 Å². The van der Waals surface area contributed by atoms with E-state index in [0.29, 0.717) is 36.6 Å². The first-order valence-electron chi connectivity index (χ1n) is 11.2. The molecule has 0 spiro atoms. The second-order valence-corrected chi connectivity index (χ2v) is 11.0. The molecule has 2 atom stereocenters. The number of piperidine rings is 1. The monoisotopic (exact) mass is 503 g/mol. The fraction of sp³-hybridized carbons (Fsp3) is 0.360. The van der Waals surface area contributed by atoms with Gasteiger partial charge >= 0.3 is 0 Å². The summed E-state index contributed by atoms with van der Waals surface area (Å²) in [5.74, 6) is -0.660. The predicted molar refractivity (Wildman–Crippen MR) is 133 cm³/mol.